The number of ketones is 1. The summed E-state index contributed by atoms with van der Waals surface area (Å²) in [6.07, 6.45) is 5.15. The van der Waals surface area contributed by atoms with Crippen molar-refractivity contribution in [2.45, 2.75) is 38.6 Å². The molecule has 1 saturated heterocycles. The Morgan fingerprint density at radius 2 is 1.78 bits per heavy atom. The highest BCUT2D eigenvalue weighted by Crippen LogP contribution is 2.31. The average Bonchev–Trinajstić information content (AvgIpc) is 3.15. The summed E-state index contributed by atoms with van der Waals surface area (Å²) in [7, 11) is 1.63. The summed E-state index contributed by atoms with van der Waals surface area (Å²) in [4.78, 5) is 15.1. The smallest absolute Gasteiger partial charge is 0.166 e. The van der Waals surface area contributed by atoms with Crippen LogP contribution in [0.25, 0.3) is 0 Å². The molecule has 4 nitrogen and oxygen atoms in total. The normalized spacial score (nSPS) is 17.7. The molecule has 2 aromatic rings. The van der Waals surface area contributed by atoms with Crippen molar-refractivity contribution in [3.63, 3.8) is 0 Å². The molecule has 142 valence electrons. The zero-order valence-corrected chi connectivity index (χ0v) is 15.9. The minimum atomic E-state index is 0.0864. The predicted molar refractivity (Wildman–Crippen MR) is 105 cm³/mol. The van der Waals surface area contributed by atoms with Gasteiger partial charge in [-0.3, -0.25) is 9.69 Å². The van der Waals surface area contributed by atoms with Crippen LogP contribution in [0.15, 0.2) is 36.4 Å². The number of Topliss-reactive ketones (excluding diaryl/α,β-unsaturated/α-hetero) is 1. The van der Waals surface area contributed by atoms with Crippen molar-refractivity contribution in [3.05, 3.63) is 58.7 Å². The summed E-state index contributed by atoms with van der Waals surface area (Å²) in [5.41, 5.74) is 4.49. The lowest BCUT2D eigenvalue weighted by molar-refractivity contribution is 0.0834. The number of rotatable bonds is 5. The van der Waals surface area contributed by atoms with Gasteiger partial charge < -0.3 is 9.84 Å². The van der Waals surface area contributed by atoms with Crippen LogP contribution in [0.2, 0.25) is 0 Å². The van der Waals surface area contributed by atoms with Crippen LogP contribution >= 0.6 is 0 Å². The first kappa shape index (κ1) is 18.1. The molecule has 1 N–H and O–H groups in total. The van der Waals surface area contributed by atoms with Crippen molar-refractivity contribution >= 4 is 5.78 Å². The third kappa shape index (κ3) is 3.86. The Balaban J connectivity index is 1.35. The van der Waals surface area contributed by atoms with Gasteiger partial charge >= 0.3 is 0 Å². The number of phenolic OH excluding ortho intramolecular Hbond substituents is 1. The van der Waals surface area contributed by atoms with E-state index in [-0.39, 0.29) is 11.7 Å². The largest absolute Gasteiger partial charge is 0.508 e. The summed E-state index contributed by atoms with van der Waals surface area (Å²) in [6, 6.07) is 11.5. The summed E-state index contributed by atoms with van der Waals surface area (Å²) in [5, 5.41) is 10.3. The van der Waals surface area contributed by atoms with Gasteiger partial charge in [0.1, 0.15) is 11.5 Å². The van der Waals surface area contributed by atoms with Gasteiger partial charge in [0.2, 0.25) is 0 Å². The van der Waals surface area contributed by atoms with E-state index in [1.807, 2.05) is 30.3 Å². The number of methoxy groups -OCH3 is 1. The first-order chi connectivity index (χ1) is 13.1. The second-order valence-electron chi connectivity index (χ2n) is 7.75. The zero-order chi connectivity index (χ0) is 18.8. The molecule has 4 heteroatoms. The van der Waals surface area contributed by atoms with Gasteiger partial charge in [0.15, 0.2) is 5.78 Å². The van der Waals surface area contributed by atoms with E-state index in [2.05, 4.69) is 11.0 Å². The highest BCUT2D eigenvalue weighted by molar-refractivity contribution is 5.98. The van der Waals surface area contributed by atoms with Crippen molar-refractivity contribution in [2.24, 2.45) is 5.92 Å². The standard InChI is InChI=1S/C23H27NO3/c1-27-21-7-5-16(6-8-21)23(26)17-9-11-24(12-10-17)15-20-13-18-3-2-4-19(18)14-22(20)25/h5-8,13-14,17,25H,2-4,9-12,15H2,1H3. The summed E-state index contributed by atoms with van der Waals surface area (Å²) in [6.45, 7) is 2.55. The molecule has 0 spiro atoms. The molecule has 0 aromatic heterocycles. The third-order valence-electron chi connectivity index (χ3n) is 6.02. The first-order valence-electron chi connectivity index (χ1n) is 9.88. The van der Waals surface area contributed by atoms with Crippen LogP contribution < -0.4 is 4.74 Å². The lowest BCUT2D eigenvalue weighted by Crippen LogP contribution is -2.36. The topological polar surface area (TPSA) is 49.8 Å². The number of piperidine rings is 1. The maximum Gasteiger partial charge on any atom is 0.166 e. The summed E-state index contributed by atoms with van der Waals surface area (Å²) < 4.78 is 5.16. The van der Waals surface area contributed by atoms with Crippen LogP contribution in [0.3, 0.4) is 0 Å². The molecule has 0 radical (unpaired) electrons. The minimum absolute atomic E-state index is 0.0864. The summed E-state index contributed by atoms with van der Waals surface area (Å²) >= 11 is 0. The molecule has 1 aliphatic carbocycles. The molecule has 0 saturated carbocycles. The molecule has 27 heavy (non-hydrogen) atoms. The molecule has 0 unspecified atom stereocenters. The highest BCUT2D eigenvalue weighted by Gasteiger charge is 2.26. The summed E-state index contributed by atoms with van der Waals surface area (Å²) in [5.74, 6) is 1.52. The number of ether oxygens (including phenoxy) is 1. The first-order valence-corrected chi connectivity index (χ1v) is 9.88. The minimum Gasteiger partial charge on any atom is -0.508 e. The van der Waals surface area contributed by atoms with Crippen LogP contribution in [0.5, 0.6) is 11.5 Å². The SMILES string of the molecule is COc1ccc(C(=O)C2CCN(Cc3cc4c(cc3O)CCC4)CC2)cc1. The highest BCUT2D eigenvalue weighted by atomic mass is 16.5. The van der Waals surface area contributed by atoms with Gasteiger partial charge in [-0.1, -0.05) is 6.07 Å². The number of carbonyl (C=O) groups excluding carboxylic acids is 1. The van der Waals surface area contributed by atoms with E-state index in [0.717, 1.165) is 62.2 Å². The number of aromatic hydroxyl groups is 1. The fourth-order valence-corrected chi connectivity index (χ4v) is 4.37. The van der Waals surface area contributed by atoms with E-state index in [0.29, 0.717) is 5.75 Å². The molecule has 1 heterocycles. The predicted octanol–water partition coefficient (Wildman–Crippen LogP) is 3.98. The van der Waals surface area contributed by atoms with Gasteiger partial charge in [-0.25, -0.2) is 0 Å². The molecule has 0 amide bonds. The Bertz CT molecular complexity index is 820. The lowest BCUT2D eigenvalue weighted by atomic mass is 9.88. The van der Waals surface area contributed by atoms with E-state index in [9.17, 15) is 9.90 Å². The molecule has 1 aliphatic heterocycles. The fraction of sp³-hybridized carbons (Fsp3) is 0.435. The molecule has 0 atom stereocenters. The Morgan fingerprint density at radius 1 is 1.11 bits per heavy atom. The van der Waals surface area contributed by atoms with Gasteiger partial charge in [0.25, 0.3) is 0 Å². The van der Waals surface area contributed by atoms with E-state index in [4.69, 9.17) is 4.74 Å². The quantitative estimate of drug-likeness (QED) is 0.814. The van der Waals surface area contributed by atoms with E-state index < -0.39 is 0 Å². The lowest BCUT2D eigenvalue weighted by Gasteiger charge is -2.31. The van der Waals surface area contributed by atoms with Gasteiger partial charge in [0, 0.05) is 23.6 Å². The number of aryl methyl sites for hydroxylation is 2. The molecule has 4 rings (SSSR count). The van der Waals surface area contributed by atoms with Crippen LogP contribution in [-0.2, 0) is 19.4 Å². The number of fused-ring (bicyclic) bond motifs is 1. The number of hydrogen-bond donors (Lipinski definition) is 1. The van der Waals surface area contributed by atoms with Gasteiger partial charge in [0.05, 0.1) is 7.11 Å². The van der Waals surface area contributed by atoms with E-state index in [1.165, 1.54) is 17.5 Å². The number of nitrogens with zero attached hydrogens (tertiary/aromatic N) is 1. The van der Waals surface area contributed by atoms with Crippen LogP contribution in [0.1, 0.15) is 46.3 Å². The Hall–Kier alpha value is -2.33. The molecule has 2 aromatic carbocycles. The van der Waals surface area contributed by atoms with Gasteiger partial charge in [-0.2, -0.15) is 0 Å². The maximum absolute atomic E-state index is 12.7. The fourth-order valence-electron chi connectivity index (χ4n) is 4.37. The third-order valence-corrected chi connectivity index (χ3v) is 6.02. The van der Waals surface area contributed by atoms with Crippen LogP contribution in [0, 0.1) is 5.92 Å². The number of likely N-dealkylation sites (tertiary alicyclic amines) is 1. The number of benzene rings is 2. The van der Waals surface area contributed by atoms with Crippen molar-refractivity contribution < 1.29 is 14.6 Å². The zero-order valence-electron chi connectivity index (χ0n) is 15.9. The van der Waals surface area contributed by atoms with Crippen molar-refractivity contribution in [3.8, 4) is 11.5 Å². The van der Waals surface area contributed by atoms with Crippen molar-refractivity contribution in [1.82, 2.24) is 4.90 Å². The molecule has 1 fully saturated rings. The van der Waals surface area contributed by atoms with Gasteiger partial charge in [-0.15, -0.1) is 0 Å². The number of hydrogen-bond acceptors (Lipinski definition) is 4. The van der Waals surface area contributed by atoms with E-state index >= 15 is 0 Å². The Morgan fingerprint density at radius 3 is 2.44 bits per heavy atom. The van der Waals surface area contributed by atoms with Crippen molar-refractivity contribution in [1.29, 1.82) is 0 Å². The Labute approximate surface area is 160 Å². The van der Waals surface area contributed by atoms with Crippen LogP contribution in [0.4, 0.5) is 0 Å². The molecular weight excluding hydrogens is 338 g/mol. The monoisotopic (exact) mass is 365 g/mol. The average molecular weight is 365 g/mol. The maximum atomic E-state index is 12.7. The second kappa shape index (κ2) is 7.73. The van der Waals surface area contributed by atoms with Gasteiger partial charge in [-0.05, 0) is 86.7 Å². The molecule has 0 bridgehead atoms. The molecule has 2 aliphatic rings. The Kier molecular flexibility index (Phi) is 5.17. The molecular formula is C23H27NO3. The number of carbonyl (C=O) groups is 1. The van der Waals surface area contributed by atoms with Crippen LogP contribution in [-0.4, -0.2) is 36.0 Å². The number of phenols is 1. The van der Waals surface area contributed by atoms with E-state index in [1.54, 1.807) is 7.11 Å². The van der Waals surface area contributed by atoms with Crippen molar-refractivity contribution in [2.75, 3.05) is 20.2 Å². The second-order valence-corrected chi connectivity index (χ2v) is 7.75.